The van der Waals surface area contributed by atoms with Gasteiger partial charge in [-0.3, -0.25) is 4.79 Å². The minimum atomic E-state index is -1.62. The molecule has 1 fully saturated rings. The first-order valence-electron chi connectivity index (χ1n) is 9.61. The van der Waals surface area contributed by atoms with Crippen molar-refractivity contribution < 1.29 is 22.4 Å². The van der Waals surface area contributed by atoms with Crippen molar-refractivity contribution in [2.45, 2.75) is 43.1 Å². The molecule has 3 nitrogen and oxygen atoms in total. The summed E-state index contributed by atoms with van der Waals surface area (Å²) >= 11 is 1.79. The van der Waals surface area contributed by atoms with Gasteiger partial charge in [0.25, 0.3) is 5.91 Å². The van der Waals surface area contributed by atoms with Crippen LogP contribution in [0.4, 0.5) is 18.9 Å². The number of anilines is 1. The lowest BCUT2D eigenvalue weighted by atomic mass is 10.0. The molecule has 0 atom stereocenters. The van der Waals surface area contributed by atoms with Crippen LogP contribution in [0, 0.1) is 17.5 Å². The number of benzene rings is 2. The van der Waals surface area contributed by atoms with Crippen LogP contribution in [-0.4, -0.2) is 11.2 Å². The molecule has 0 saturated heterocycles. The van der Waals surface area contributed by atoms with Crippen molar-refractivity contribution in [1.29, 1.82) is 0 Å². The third-order valence-corrected chi connectivity index (χ3v) is 6.60. The quantitative estimate of drug-likeness (QED) is 0.470. The molecule has 152 valence electrons. The first kappa shape index (κ1) is 19.9. The Labute approximate surface area is 170 Å². The maximum atomic E-state index is 14.0. The monoisotopic (exact) mass is 419 g/mol. The Balaban J connectivity index is 1.62. The van der Waals surface area contributed by atoms with E-state index in [1.165, 1.54) is 19.3 Å². The van der Waals surface area contributed by atoms with Crippen molar-refractivity contribution in [2.75, 3.05) is 5.32 Å². The zero-order valence-corrected chi connectivity index (χ0v) is 16.5. The highest BCUT2D eigenvalue weighted by atomic mass is 32.2. The summed E-state index contributed by atoms with van der Waals surface area (Å²) in [5.74, 6) is -4.41. The molecular formula is C22H20F3NO2S. The van der Waals surface area contributed by atoms with Crippen molar-refractivity contribution in [3.63, 3.8) is 0 Å². The van der Waals surface area contributed by atoms with Gasteiger partial charge in [-0.05, 0) is 31.0 Å². The van der Waals surface area contributed by atoms with E-state index in [9.17, 15) is 18.0 Å². The van der Waals surface area contributed by atoms with Crippen LogP contribution in [0.25, 0.3) is 11.0 Å². The van der Waals surface area contributed by atoms with Gasteiger partial charge in [-0.15, -0.1) is 0 Å². The van der Waals surface area contributed by atoms with Crippen molar-refractivity contribution in [1.82, 2.24) is 0 Å². The second-order valence-electron chi connectivity index (χ2n) is 7.15. The molecule has 29 heavy (non-hydrogen) atoms. The highest BCUT2D eigenvalue weighted by molar-refractivity contribution is 7.99. The van der Waals surface area contributed by atoms with E-state index < -0.39 is 29.0 Å². The fraction of sp³-hybridized carbons (Fsp3) is 0.318. The van der Waals surface area contributed by atoms with Crippen molar-refractivity contribution >= 4 is 34.3 Å². The topological polar surface area (TPSA) is 42.2 Å². The van der Waals surface area contributed by atoms with Gasteiger partial charge in [-0.1, -0.05) is 37.5 Å². The third kappa shape index (κ3) is 4.15. The molecule has 1 aliphatic carbocycles. The number of carbonyl (C=O) groups excluding carboxylic acids is 1. The van der Waals surface area contributed by atoms with Crippen LogP contribution < -0.4 is 5.32 Å². The van der Waals surface area contributed by atoms with E-state index in [0.717, 1.165) is 35.9 Å². The fourth-order valence-electron chi connectivity index (χ4n) is 3.66. The Kier molecular flexibility index (Phi) is 5.85. The maximum Gasteiger partial charge on any atom is 0.291 e. The van der Waals surface area contributed by atoms with E-state index in [1.807, 2.05) is 12.1 Å². The zero-order chi connectivity index (χ0) is 20.4. The second-order valence-corrected chi connectivity index (χ2v) is 8.44. The number of rotatable bonds is 5. The van der Waals surface area contributed by atoms with Gasteiger partial charge >= 0.3 is 0 Å². The molecular weight excluding hydrogens is 399 g/mol. The molecule has 0 spiro atoms. The van der Waals surface area contributed by atoms with Crippen LogP contribution in [0.3, 0.4) is 0 Å². The van der Waals surface area contributed by atoms with Gasteiger partial charge in [0.1, 0.15) is 5.58 Å². The predicted molar refractivity (Wildman–Crippen MR) is 109 cm³/mol. The highest BCUT2D eigenvalue weighted by Gasteiger charge is 2.24. The number of hydrogen-bond donors (Lipinski definition) is 1. The SMILES string of the molecule is O=C(Nc1ccc(F)c(F)c1F)c1oc2ccccc2c1CSC1CCCCC1. The van der Waals surface area contributed by atoms with Gasteiger partial charge in [-0.25, -0.2) is 13.2 Å². The lowest BCUT2D eigenvalue weighted by Crippen LogP contribution is -2.15. The number of halogens is 3. The summed E-state index contributed by atoms with van der Waals surface area (Å²) in [6.07, 6.45) is 6.00. The number of carbonyl (C=O) groups is 1. The molecule has 1 saturated carbocycles. The first-order valence-corrected chi connectivity index (χ1v) is 10.7. The molecule has 0 aliphatic heterocycles. The lowest BCUT2D eigenvalue weighted by molar-refractivity contribution is 0.0997. The van der Waals surface area contributed by atoms with E-state index in [2.05, 4.69) is 5.32 Å². The van der Waals surface area contributed by atoms with Gasteiger partial charge in [0.2, 0.25) is 0 Å². The van der Waals surface area contributed by atoms with E-state index in [1.54, 1.807) is 23.9 Å². The van der Waals surface area contributed by atoms with Crippen LogP contribution in [0.1, 0.15) is 48.2 Å². The van der Waals surface area contributed by atoms with E-state index in [0.29, 0.717) is 16.6 Å². The molecule has 1 N–H and O–H groups in total. The third-order valence-electron chi connectivity index (χ3n) is 5.20. The van der Waals surface area contributed by atoms with Crippen molar-refractivity contribution in [3.05, 3.63) is 65.2 Å². The first-order chi connectivity index (χ1) is 14.0. The summed E-state index contributed by atoms with van der Waals surface area (Å²) < 4.78 is 46.4. The Morgan fingerprint density at radius 1 is 1.03 bits per heavy atom. The molecule has 1 amide bonds. The van der Waals surface area contributed by atoms with Gasteiger partial charge in [0, 0.05) is 22.0 Å². The molecule has 1 aliphatic rings. The molecule has 2 aromatic carbocycles. The summed E-state index contributed by atoms with van der Waals surface area (Å²) in [5.41, 5.74) is 0.861. The predicted octanol–water partition coefficient (Wildman–Crippen LogP) is 6.67. The molecule has 0 bridgehead atoms. The zero-order valence-electron chi connectivity index (χ0n) is 15.6. The Morgan fingerprint density at radius 3 is 2.59 bits per heavy atom. The smallest absolute Gasteiger partial charge is 0.291 e. The minimum Gasteiger partial charge on any atom is -0.451 e. The lowest BCUT2D eigenvalue weighted by Gasteiger charge is -2.20. The summed E-state index contributed by atoms with van der Waals surface area (Å²) in [4.78, 5) is 12.8. The molecule has 0 radical (unpaired) electrons. The van der Waals surface area contributed by atoms with Gasteiger partial charge in [-0.2, -0.15) is 11.8 Å². The fourth-order valence-corrected chi connectivity index (χ4v) is 5.02. The maximum absolute atomic E-state index is 14.0. The number of hydrogen-bond acceptors (Lipinski definition) is 3. The largest absolute Gasteiger partial charge is 0.451 e. The summed E-state index contributed by atoms with van der Waals surface area (Å²) in [6.45, 7) is 0. The number of thioether (sulfide) groups is 1. The average molecular weight is 419 g/mol. The number of fused-ring (bicyclic) bond motifs is 1. The highest BCUT2D eigenvalue weighted by Crippen LogP contribution is 2.35. The molecule has 0 unspecified atom stereocenters. The van der Waals surface area contributed by atoms with Crippen LogP contribution >= 0.6 is 11.8 Å². The van der Waals surface area contributed by atoms with Crippen molar-refractivity contribution in [3.8, 4) is 0 Å². The van der Waals surface area contributed by atoms with Crippen LogP contribution in [0.2, 0.25) is 0 Å². The second kappa shape index (κ2) is 8.53. The molecule has 1 heterocycles. The number of amides is 1. The van der Waals surface area contributed by atoms with Crippen LogP contribution in [0.5, 0.6) is 0 Å². The van der Waals surface area contributed by atoms with E-state index in [-0.39, 0.29) is 5.76 Å². The Morgan fingerprint density at radius 2 is 1.79 bits per heavy atom. The van der Waals surface area contributed by atoms with E-state index in [4.69, 9.17) is 4.42 Å². The number of para-hydroxylation sites is 1. The van der Waals surface area contributed by atoms with Crippen LogP contribution in [-0.2, 0) is 5.75 Å². The summed E-state index contributed by atoms with van der Waals surface area (Å²) in [5, 5.41) is 3.67. The molecule has 1 aromatic heterocycles. The number of nitrogens with one attached hydrogen (secondary N) is 1. The Hall–Kier alpha value is -2.41. The standard InChI is InChI=1S/C22H20F3NO2S/c23-16-10-11-17(20(25)19(16)24)26-22(27)21-15(12-29-13-6-2-1-3-7-13)14-8-4-5-9-18(14)28-21/h4-5,8-11,13H,1-3,6-7,12H2,(H,26,27). The van der Waals surface area contributed by atoms with Crippen LogP contribution in [0.15, 0.2) is 40.8 Å². The average Bonchev–Trinajstić information content (AvgIpc) is 3.12. The summed E-state index contributed by atoms with van der Waals surface area (Å²) in [6, 6.07) is 9.07. The minimum absolute atomic E-state index is 0.0682. The normalized spacial score (nSPS) is 15.0. The number of furan rings is 1. The molecule has 3 aromatic rings. The molecule has 7 heteroatoms. The Bertz CT molecular complexity index is 1040. The van der Waals surface area contributed by atoms with Gasteiger partial charge in [0.15, 0.2) is 23.2 Å². The van der Waals surface area contributed by atoms with Gasteiger partial charge in [0.05, 0.1) is 5.69 Å². The van der Waals surface area contributed by atoms with Gasteiger partial charge < -0.3 is 9.73 Å². The summed E-state index contributed by atoms with van der Waals surface area (Å²) in [7, 11) is 0. The van der Waals surface area contributed by atoms with Crippen molar-refractivity contribution in [2.24, 2.45) is 0 Å². The molecule has 4 rings (SSSR count). The van der Waals surface area contributed by atoms with E-state index >= 15 is 0 Å².